The van der Waals surface area contributed by atoms with Crippen molar-refractivity contribution in [1.82, 2.24) is 20.2 Å². The molecule has 1 fully saturated rings. The van der Waals surface area contributed by atoms with Gasteiger partial charge in [-0.3, -0.25) is 4.90 Å². The fourth-order valence-electron chi connectivity index (χ4n) is 2.53. The minimum atomic E-state index is 0.447. The Bertz CT molecular complexity index is 466. The van der Waals surface area contributed by atoms with Crippen LogP contribution in [0.2, 0.25) is 0 Å². The number of nitrogens with zero attached hydrogens (tertiary/aromatic N) is 2. The van der Waals surface area contributed by atoms with Gasteiger partial charge in [0, 0.05) is 44.1 Å². The third kappa shape index (κ3) is 2.44. The predicted octanol–water partition coefficient (Wildman–Crippen LogP) is 1.56. The Hall–Kier alpha value is -1.65. The van der Waals surface area contributed by atoms with Gasteiger partial charge >= 0.3 is 0 Å². The van der Waals surface area contributed by atoms with Gasteiger partial charge in [-0.05, 0) is 5.56 Å². The standard InChI is InChI=1S/C14H18N4/c1-2-4-12(5-3-1)14-9-15-6-7-18(14)10-13-8-16-11-17-13/h1-5,8,11,14-15H,6-7,9-10H2,(H,16,17). The molecule has 0 saturated carbocycles. The predicted molar refractivity (Wildman–Crippen MR) is 71.1 cm³/mol. The second-order valence-electron chi connectivity index (χ2n) is 4.68. The van der Waals surface area contributed by atoms with E-state index in [9.17, 15) is 0 Å². The second kappa shape index (κ2) is 5.33. The van der Waals surface area contributed by atoms with Crippen molar-refractivity contribution in [3.63, 3.8) is 0 Å². The third-order valence-electron chi connectivity index (χ3n) is 3.47. The molecule has 94 valence electrons. The maximum atomic E-state index is 4.09. The normalized spacial score (nSPS) is 21.0. The third-order valence-corrected chi connectivity index (χ3v) is 3.47. The molecule has 4 heteroatoms. The molecule has 18 heavy (non-hydrogen) atoms. The summed E-state index contributed by atoms with van der Waals surface area (Å²) in [4.78, 5) is 9.77. The molecule has 0 spiro atoms. The number of rotatable bonds is 3. The lowest BCUT2D eigenvalue weighted by atomic mass is 10.0. The fraction of sp³-hybridized carbons (Fsp3) is 0.357. The lowest BCUT2D eigenvalue weighted by molar-refractivity contribution is 0.152. The number of hydrogen-bond donors (Lipinski definition) is 2. The average Bonchev–Trinajstić information content (AvgIpc) is 2.93. The lowest BCUT2D eigenvalue weighted by Gasteiger charge is -2.36. The topological polar surface area (TPSA) is 44.0 Å². The van der Waals surface area contributed by atoms with Crippen LogP contribution in [0.25, 0.3) is 0 Å². The quantitative estimate of drug-likeness (QED) is 0.858. The molecule has 0 bridgehead atoms. The van der Waals surface area contributed by atoms with E-state index in [-0.39, 0.29) is 0 Å². The molecule has 1 saturated heterocycles. The van der Waals surface area contributed by atoms with Crippen LogP contribution in [0.4, 0.5) is 0 Å². The van der Waals surface area contributed by atoms with E-state index in [1.165, 1.54) is 11.3 Å². The van der Waals surface area contributed by atoms with Crippen molar-refractivity contribution >= 4 is 0 Å². The minimum Gasteiger partial charge on any atom is -0.347 e. The first-order valence-electron chi connectivity index (χ1n) is 6.40. The maximum absolute atomic E-state index is 4.09. The van der Waals surface area contributed by atoms with Gasteiger partial charge in [0.25, 0.3) is 0 Å². The Labute approximate surface area is 107 Å². The number of nitrogens with one attached hydrogen (secondary N) is 2. The molecule has 0 radical (unpaired) electrons. The van der Waals surface area contributed by atoms with Crippen molar-refractivity contribution in [2.24, 2.45) is 0 Å². The van der Waals surface area contributed by atoms with Gasteiger partial charge in [0.15, 0.2) is 0 Å². The summed E-state index contributed by atoms with van der Waals surface area (Å²) in [7, 11) is 0. The van der Waals surface area contributed by atoms with E-state index in [0.29, 0.717) is 6.04 Å². The SMILES string of the molecule is c1ccc(C2CNCCN2Cc2cnc[nH]2)cc1. The van der Waals surface area contributed by atoms with E-state index in [4.69, 9.17) is 0 Å². The molecular formula is C14H18N4. The van der Waals surface area contributed by atoms with E-state index < -0.39 is 0 Å². The Morgan fingerprint density at radius 1 is 1.28 bits per heavy atom. The van der Waals surface area contributed by atoms with Crippen LogP contribution < -0.4 is 5.32 Å². The molecule has 1 aromatic heterocycles. The summed E-state index contributed by atoms with van der Waals surface area (Å²) in [5.41, 5.74) is 2.56. The van der Waals surface area contributed by atoms with Crippen LogP contribution in [0.15, 0.2) is 42.9 Å². The highest BCUT2D eigenvalue weighted by molar-refractivity contribution is 5.20. The molecule has 3 rings (SSSR count). The Kier molecular flexibility index (Phi) is 3.39. The summed E-state index contributed by atoms with van der Waals surface area (Å²) in [6.45, 7) is 4.06. The Balaban J connectivity index is 1.78. The Morgan fingerprint density at radius 3 is 2.94 bits per heavy atom. The van der Waals surface area contributed by atoms with Crippen molar-refractivity contribution in [3.8, 4) is 0 Å². The number of piperazine rings is 1. The summed E-state index contributed by atoms with van der Waals surface area (Å²) in [5.74, 6) is 0. The summed E-state index contributed by atoms with van der Waals surface area (Å²) < 4.78 is 0. The van der Waals surface area contributed by atoms with Crippen LogP contribution in [0, 0.1) is 0 Å². The van der Waals surface area contributed by atoms with Crippen LogP contribution >= 0.6 is 0 Å². The van der Waals surface area contributed by atoms with Crippen molar-refractivity contribution in [2.45, 2.75) is 12.6 Å². The van der Waals surface area contributed by atoms with Gasteiger partial charge in [-0.15, -0.1) is 0 Å². The number of benzene rings is 1. The van der Waals surface area contributed by atoms with Crippen molar-refractivity contribution in [1.29, 1.82) is 0 Å². The highest BCUT2D eigenvalue weighted by Crippen LogP contribution is 2.23. The number of imidazole rings is 1. The zero-order valence-corrected chi connectivity index (χ0v) is 10.3. The lowest BCUT2D eigenvalue weighted by Crippen LogP contribution is -2.45. The molecule has 4 nitrogen and oxygen atoms in total. The molecule has 0 aliphatic carbocycles. The van der Waals surface area contributed by atoms with Crippen LogP contribution in [0.5, 0.6) is 0 Å². The fourth-order valence-corrected chi connectivity index (χ4v) is 2.53. The van der Waals surface area contributed by atoms with Gasteiger partial charge in [0.1, 0.15) is 0 Å². The zero-order chi connectivity index (χ0) is 12.2. The zero-order valence-electron chi connectivity index (χ0n) is 10.3. The number of hydrogen-bond acceptors (Lipinski definition) is 3. The summed E-state index contributed by atoms with van der Waals surface area (Å²) in [5, 5.41) is 3.48. The van der Waals surface area contributed by atoms with Crippen molar-refractivity contribution in [2.75, 3.05) is 19.6 Å². The van der Waals surface area contributed by atoms with E-state index in [1.54, 1.807) is 6.33 Å². The minimum absolute atomic E-state index is 0.447. The van der Waals surface area contributed by atoms with Crippen LogP contribution in [-0.2, 0) is 6.54 Å². The number of aromatic amines is 1. The van der Waals surface area contributed by atoms with Crippen LogP contribution in [-0.4, -0.2) is 34.5 Å². The first kappa shape index (κ1) is 11.4. The average molecular weight is 242 g/mol. The molecule has 2 heterocycles. The molecule has 1 atom stereocenters. The van der Waals surface area contributed by atoms with E-state index in [2.05, 4.69) is 50.5 Å². The second-order valence-corrected chi connectivity index (χ2v) is 4.68. The number of H-pyrrole nitrogens is 1. The first-order chi connectivity index (χ1) is 8.93. The van der Waals surface area contributed by atoms with Gasteiger partial charge in [0.05, 0.1) is 6.33 Å². The van der Waals surface area contributed by atoms with Crippen LogP contribution in [0.3, 0.4) is 0 Å². The van der Waals surface area contributed by atoms with Crippen LogP contribution in [0.1, 0.15) is 17.3 Å². The molecule has 0 amide bonds. The Morgan fingerprint density at radius 2 is 2.17 bits per heavy atom. The van der Waals surface area contributed by atoms with E-state index in [0.717, 1.165) is 26.2 Å². The van der Waals surface area contributed by atoms with Gasteiger partial charge in [0.2, 0.25) is 0 Å². The summed E-state index contributed by atoms with van der Waals surface area (Å²) >= 11 is 0. The summed E-state index contributed by atoms with van der Waals surface area (Å²) in [6.07, 6.45) is 3.65. The van der Waals surface area contributed by atoms with Gasteiger partial charge < -0.3 is 10.3 Å². The molecular weight excluding hydrogens is 224 g/mol. The molecule has 2 aromatic rings. The largest absolute Gasteiger partial charge is 0.347 e. The van der Waals surface area contributed by atoms with Crippen molar-refractivity contribution in [3.05, 3.63) is 54.1 Å². The summed E-state index contributed by atoms with van der Waals surface area (Å²) in [6, 6.07) is 11.1. The maximum Gasteiger partial charge on any atom is 0.0922 e. The van der Waals surface area contributed by atoms with Gasteiger partial charge in [-0.2, -0.15) is 0 Å². The van der Waals surface area contributed by atoms with Crippen molar-refractivity contribution < 1.29 is 0 Å². The highest BCUT2D eigenvalue weighted by atomic mass is 15.2. The first-order valence-corrected chi connectivity index (χ1v) is 6.40. The molecule has 2 N–H and O–H groups in total. The molecule has 1 unspecified atom stereocenters. The monoisotopic (exact) mass is 242 g/mol. The molecule has 1 aliphatic heterocycles. The van der Waals surface area contributed by atoms with E-state index >= 15 is 0 Å². The van der Waals surface area contributed by atoms with Gasteiger partial charge in [-0.25, -0.2) is 4.98 Å². The van der Waals surface area contributed by atoms with E-state index in [1.807, 2.05) is 6.20 Å². The molecule has 1 aromatic carbocycles. The smallest absolute Gasteiger partial charge is 0.0922 e. The molecule has 1 aliphatic rings. The van der Waals surface area contributed by atoms with Gasteiger partial charge in [-0.1, -0.05) is 30.3 Å². The highest BCUT2D eigenvalue weighted by Gasteiger charge is 2.23. The number of aromatic nitrogens is 2.